The Bertz CT molecular complexity index is 463. The van der Waals surface area contributed by atoms with Gasteiger partial charge in [0.1, 0.15) is 5.82 Å². The molecule has 2 aliphatic rings. The fourth-order valence-electron chi connectivity index (χ4n) is 3.38. The quantitative estimate of drug-likeness (QED) is 0.892. The maximum atomic E-state index is 13.4. The molecule has 3 nitrogen and oxygen atoms in total. The molecular formula is C15H21FN2O. The Morgan fingerprint density at radius 1 is 1.42 bits per heavy atom. The highest BCUT2D eigenvalue weighted by Gasteiger charge is 2.37. The molecule has 4 heteroatoms. The van der Waals surface area contributed by atoms with E-state index in [0.29, 0.717) is 12.1 Å². The Balaban J connectivity index is 1.96. The second-order valence-corrected chi connectivity index (χ2v) is 5.59. The van der Waals surface area contributed by atoms with E-state index in [4.69, 9.17) is 10.5 Å². The average Bonchev–Trinajstić information content (AvgIpc) is 2.86. The van der Waals surface area contributed by atoms with Gasteiger partial charge in [0, 0.05) is 18.3 Å². The Hall–Kier alpha value is -1.13. The van der Waals surface area contributed by atoms with Gasteiger partial charge in [-0.3, -0.25) is 0 Å². The van der Waals surface area contributed by atoms with Gasteiger partial charge in [-0.15, -0.1) is 0 Å². The molecule has 104 valence electrons. The molecule has 1 aliphatic heterocycles. The predicted octanol–water partition coefficient (Wildman–Crippen LogP) is 2.60. The molecule has 2 fully saturated rings. The van der Waals surface area contributed by atoms with Crippen molar-refractivity contribution in [3.8, 4) is 0 Å². The van der Waals surface area contributed by atoms with E-state index in [1.54, 1.807) is 6.07 Å². The van der Waals surface area contributed by atoms with E-state index >= 15 is 0 Å². The second kappa shape index (κ2) is 5.10. The van der Waals surface area contributed by atoms with Crippen LogP contribution < -0.4 is 10.6 Å². The molecule has 2 N–H and O–H groups in total. The van der Waals surface area contributed by atoms with Gasteiger partial charge in [0.05, 0.1) is 18.8 Å². The molecule has 1 aliphatic carbocycles. The minimum atomic E-state index is -0.215. The van der Waals surface area contributed by atoms with Crippen LogP contribution in [-0.2, 0) is 4.74 Å². The molecule has 1 heterocycles. The number of rotatable bonds is 2. The van der Waals surface area contributed by atoms with Crippen LogP contribution >= 0.6 is 0 Å². The predicted molar refractivity (Wildman–Crippen MR) is 73.7 cm³/mol. The minimum absolute atomic E-state index is 0.159. The van der Waals surface area contributed by atoms with Gasteiger partial charge in [-0.25, -0.2) is 4.39 Å². The number of ether oxygens (including phenoxy) is 1. The number of nitrogens with two attached hydrogens (primary N) is 1. The molecule has 1 aromatic rings. The van der Waals surface area contributed by atoms with E-state index in [0.717, 1.165) is 37.2 Å². The summed E-state index contributed by atoms with van der Waals surface area (Å²) in [4.78, 5) is 2.37. The molecule has 0 spiro atoms. The molecule has 1 saturated heterocycles. The fraction of sp³-hybridized carbons (Fsp3) is 0.600. The maximum Gasteiger partial charge on any atom is 0.123 e. The van der Waals surface area contributed by atoms with E-state index in [9.17, 15) is 4.39 Å². The number of nitrogens with zero attached hydrogens (tertiary/aromatic N) is 1. The summed E-state index contributed by atoms with van der Waals surface area (Å²) in [5.74, 6) is -0.215. The third kappa shape index (κ3) is 2.35. The smallest absolute Gasteiger partial charge is 0.123 e. The third-order valence-corrected chi connectivity index (χ3v) is 4.27. The van der Waals surface area contributed by atoms with Gasteiger partial charge in [0.15, 0.2) is 0 Å². The van der Waals surface area contributed by atoms with E-state index in [-0.39, 0.29) is 11.9 Å². The SMILES string of the molecule is C[C@@H](N)c1cc(F)ccc1N1CCOC2CCCC21. The summed E-state index contributed by atoms with van der Waals surface area (Å²) in [5, 5.41) is 0. The van der Waals surface area contributed by atoms with E-state index in [1.165, 1.54) is 12.5 Å². The first kappa shape index (κ1) is 12.9. The zero-order valence-electron chi connectivity index (χ0n) is 11.3. The number of benzene rings is 1. The van der Waals surface area contributed by atoms with Crippen molar-refractivity contribution >= 4 is 5.69 Å². The van der Waals surface area contributed by atoms with Crippen LogP contribution in [0.3, 0.4) is 0 Å². The molecule has 3 rings (SSSR count). The molecule has 0 bridgehead atoms. The molecular weight excluding hydrogens is 243 g/mol. The maximum absolute atomic E-state index is 13.4. The number of hydrogen-bond donors (Lipinski definition) is 1. The number of morpholine rings is 1. The lowest BCUT2D eigenvalue weighted by Gasteiger charge is -2.40. The van der Waals surface area contributed by atoms with Gasteiger partial charge < -0.3 is 15.4 Å². The second-order valence-electron chi connectivity index (χ2n) is 5.59. The first-order valence-electron chi connectivity index (χ1n) is 7.10. The van der Waals surface area contributed by atoms with Crippen molar-refractivity contribution in [3.63, 3.8) is 0 Å². The van der Waals surface area contributed by atoms with Crippen molar-refractivity contribution in [2.75, 3.05) is 18.1 Å². The Morgan fingerprint density at radius 3 is 3.05 bits per heavy atom. The summed E-state index contributed by atoms with van der Waals surface area (Å²) in [5.41, 5.74) is 7.98. The fourth-order valence-corrected chi connectivity index (χ4v) is 3.38. The standard InChI is InChI=1S/C15H21FN2O/c1-10(17)12-9-11(16)5-6-13(12)18-7-8-19-15-4-2-3-14(15)18/h5-6,9-10,14-15H,2-4,7-8,17H2,1H3/t10-,14?,15?/m1/s1. The zero-order valence-corrected chi connectivity index (χ0v) is 11.3. The van der Waals surface area contributed by atoms with Crippen LogP contribution in [0.5, 0.6) is 0 Å². The molecule has 3 atom stereocenters. The lowest BCUT2D eigenvalue weighted by molar-refractivity contribution is 0.0255. The highest BCUT2D eigenvalue weighted by Crippen LogP contribution is 2.36. The molecule has 2 unspecified atom stereocenters. The van der Waals surface area contributed by atoms with Crippen LogP contribution in [0.4, 0.5) is 10.1 Å². The Labute approximate surface area is 113 Å². The molecule has 0 aromatic heterocycles. The molecule has 0 radical (unpaired) electrons. The van der Waals surface area contributed by atoms with Crippen molar-refractivity contribution in [1.29, 1.82) is 0 Å². The minimum Gasteiger partial charge on any atom is -0.374 e. The lowest BCUT2D eigenvalue weighted by Crippen LogP contribution is -2.49. The van der Waals surface area contributed by atoms with Crippen LogP contribution in [0.2, 0.25) is 0 Å². The highest BCUT2D eigenvalue weighted by molar-refractivity contribution is 5.56. The molecule has 0 amide bonds. The van der Waals surface area contributed by atoms with Gasteiger partial charge in [-0.05, 0) is 49.9 Å². The average molecular weight is 264 g/mol. The normalized spacial score (nSPS) is 28.3. The highest BCUT2D eigenvalue weighted by atomic mass is 19.1. The molecule has 1 aromatic carbocycles. The summed E-state index contributed by atoms with van der Waals surface area (Å²) in [6.45, 7) is 3.52. The monoisotopic (exact) mass is 264 g/mol. The van der Waals surface area contributed by atoms with Gasteiger partial charge in [-0.1, -0.05) is 0 Å². The van der Waals surface area contributed by atoms with Crippen LogP contribution in [0.25, 0.3) is 0 Å². The summed E-state index contributed by atoms with van der Waals surface area (Å²) in [6, 6.07) is 5.24. The largest absolute Gasteiger partial charge is 0.374 e. The third-order valence-electron chi connectivity index (χ3n) is 4.27. The first-order chi connectivity index (χ1) is 9.16. The lowest BCUT2D eigenvalue weighted by atomic mass is 10.0. The van der Waals surface area contributed by atoms with E-state index in [1.807, 2.05) is 13.0 Å². The molecule has 19 heavy (non-hydrogen) atoms. The van der Waals surface area contributed by atoms with Gasteiger partial charge >= 0.3 is 0 Å². The van der Waals surface area contributed by atoms with E-state index in [2.05, 4.69) is 4.90 Å². The van der Waals surface area contributed by atoms with Gasteiger partial charge in [-0.2, -0.15) is 0 Å². The summed E-state index contributed by atoms with van der Waals surface area (Å²) in [6.07, 6.45) is 3.83. The number of hydrogen-bond acceptors (Lipinski definition) is 3. The molecule has 1 saturated carbocycles. The first-order valence-corrected chi connectivity index (χ1v) is 7.10. The van der Waals surface area contributed by atoms with Crippen LogP contribution in [-0.4, -0.2) is 25.3 Å². The Kier molecular flexibility index (Phi) is 3.46. The van der Waals surface area contributed by atoms with Crippen LogP contribution in [0, 0.1) is 5.82 Å². The van der Waals surface area contributed by atoms with Crippen LogP contribution in [0.15, 0.2) is 18.2 Å². The summed E-state index contributed by atoms with van der Waals surface area (Å²) >= 11 is 0. The van der Waals surface area contributed by atoms with Crippen molar-refractivity contribution < 1.29 is 9.13 Å². The van der Waals surface area contributed by atoms with Crippen molar-refractivity contribution in [2.45, 2.75) is 44.4 Å². The topological polar surface area (TPSA) is 38.5 Å². The number of fused-ring (bicyclic) bond motifs is 1. The van der Waals surface area contributed by atoms with Gasteiger partial charge in [0.25, 0.3) is 0 Å². The van der Waals surface area contributed by atoms with Crippen LogP contribution in [0.1, 0.15) is 37.8 Å². The van der Waals surface area contributed by atoms with Crippen molar-refractivity contribution in [2.24, 2.45) is 5.73 Å². The van der Waals surface area contributed by atoms with Crippen molar-refractivity contribution in [1.82, 2.24) is 0 Å². The summed E-state index contributed by atoms with van der Waals surface area (Å²) in [7, 11) is 0. The Morgan fingerprint density at radius 2 is 2.26 bits per heavy atom. The van der Waals surface area contributed by atoms with Gasteiger partial charge in [0.2, 0.25) is 0 Å². The van der Waals surface area contributed by atoms with Crippen molar-refractivity contribution in [3.05, 3.63) is 29.6 Å². The number of halogens is 1. The van der Waals surface area contributed by atoms with E-state index < -0.39 is 0 Å². The summed E-state index contributed by atoms with van der Waals surface area (Å²) < 4.78 is 19.3. The zero-order chi connectivity index (χ0) is 13.4. The number of anilines is 1.